The lowest BCUT2D eigenvalue weighted by molar-refractivity contribution is -0.139. The summed E-state index contributed by atoms with van der Waals surface area (Å²) in [5.41, 5.74) is 0. The number of carboxylic acid groups (broad SMARTS) is 1. The van der Waals surface area contributed by atoms with Crippen molar-refractivity contribution >= 4 is 12.1 Å². The van der Waals surface area contributed by atoms with Crippen molar-refractivity contribution in [3.63, 3.8) is 0 Å². The number of cyclic esters (lactones) is 1. The van der Waals surface area contributed by atoms with Gasteiger partial charge in [0, 0.05) is 25.6 Å². The van der Waals surface area contributed by atoms with E-state index < -0.39 is 5.97 Å². The maximum absolute atomic E-state index is 11.4. The molecule has 0 radical (unpaired) electrons. The molecule has 1 aliphatic heterocycles. The highest BCUT2D eigenvalue weighted by Gasteiger charge is 2.28. The van der Waals surface area contributed by atoms with Crippen LogP contribution in [-0.4, -0.2) is 67.3 Å². The third-order valence-corrected chi connectivity index (χ3v) is 2.46. The van der Waals surface area contributed by atoms with Crippen molar-refractivity contribution in [1.82, 2.24) is 9.80 Å². The maximum atomic E-state index is 11.4. The van der Waals surface area contributed by atoms with Crippen LogP contribution in [0.1, 0.15) is 6.42 Å². The highest BCUT2D eigenvalue weighted by Crippen LogP contribution is 2.14. The Morgan fingerprint density at radius 2 is 2.31 bits per heavy atom. The lowest BCUT2D eigenvalue weighted by Crippen LogP contribution is -2.46. The molecule has 1 unspecified atom stereocenters. The Kier molecular flexibility index (Phi) is 4.54. The highest BCUT2D eigenvalue weighted by molar-refractivity contribution is 5.70. The molecule has 1 rings (SSSR count). The molecule has 1 atom stereocenters. The van der Waals surface area contributed by atoms with E-state index in [0.29, 0.717) is 13.1 Å². The van der Waals surface area contributed by atoms with Gasteiger partial charge in [0.05, 0.1) is 13.0 Å². The standard InChI is InChI=1S/C10H18N2O4/c1-11(2)3-4-12-6-8(5-9(13)14)7-16-10(12)15/h8H,3-7H2,1-2H3,(H,13,14). The van der Waals surface area contributed by atoms with E-state index in [9.17, 15) is 9.59 Å². The van der Waals surface area contributed by atoms with Gasteiger partial charge in [0.1, 0.15) is 0 Å². The van der Waals surface area contributed by atoms with Crippen molar-refractivity contribution in [2.45, 2.75) is 6.42 Å². The molecule has 1 fully saturated rings. The Hall–Kier alpha value is -1.30. The molecular weight excluding hydrogens is 212 g/mol. The highest BCUT2D eigenvalue weighted by atomic mass is 16.6. The fraction of sp³-hybridized carbons (Fsp3) is 0.800. The number of carboxylic acids is 1. The van der Waals surface area contributed by atoms with Crippen molar-refractivity contribution in [2.75, 3.05) is 40.3 Å². The summed E-state index contributed by atoms with van der Waals surface area (Å²) in [5, 5.41) is 8.67. The first-order valence-corrected chi connectivity index (χ1v) is 5.27. The van der Waals surface area contributed by atoms with Gasteiger partial charge in [-0.3, -0.25) is 4.79 Å². The molecule has 16 heavy (non-hydrogen) atoms. The third-order valence-electron chi connectivity index (χ3n) is 2.46. The summed E-state index contributed by atoms with van der Waals surface area (Å²) >= 11 is 0. The summed E-state index contributed by atoms with van der Waals surface area (Å²) < 4.78 is 4.94. The van der Waals surface area contributed by atoms with E-state index in [2.05, 4.69) is 0 Å². The second-order valence-corrected chi connectivity index (χ2v) is 4.29. The van der Waals surface area contributed by atoms with Crippen LogP contribution in [-0.2, 0) is 9.53 Å². The second kappa shape index (κ2) is 5.69. The first kappa shape index (κ1) is 12.8. The van der Waals surface area contributed by atoms with Crippen molar-refractivity contribution in [2.24, 2.45) is 5.92 Å². The van der Waals surface area contributed by atoms with Crippen molar-refractivity contribution in [3.8, 4) is 0 Å². The number of carbonyl (C=O) groups is 2. The first-order chi connectivity index (χ1) is 7.49. The molecule has 0 spiro atoms. The lowest BCUT2D eigenvalue weighted by Gasteiger charge is -2.32. The number of hydrogen-bond acceptors (Lipinski definition) is 4. The van der Waals surface area contributed by atoms with E-state index in [4.69, 9.17) is 9.84 Å². The molecular formula is C10H18N2O4. The zero-order valence-electron chi connectivity index (χ0n) is 9.68. The van der Waals surface area contributed by atoms with Crippen LogP contribution in [0.4, 0.5) is 4.79 Å². The zero-order chi connectivity index (χ0) is 12.1. The summed E-state index contributed by atoms with van der Waals surface area (Å²) in [7, 11) is 3.84. The molecule has 92 valence electrons. The van der Waals surface area contributed by atoms with E-state index in [1.807, 2.05) is 19.0 Å². The Balaban J connectivity index is 2.42. The predicted octanol–water partition coefficient (Wildman–Crippen LogP) is 0.0911. The van der Waals surface area contributed by atoms with Gasteiger partial charge in [0.2, 0.25) is 0 Å². The molecule has 1 aliphatic rings. The van der Waals surface area contributed by atoms with Crippen LogP contribution < -0.4 is 0 Å². The fourth-order valence-corrected chi connectivity index (χ4v) is 1.59. The molecule has 1 amide bonds. The van der Waals surface area contributed by atoms with Crippen LogP contribution in [0.3, 0.4) is 0 Å². The molecule has 0 aromatic carbocycles. The molecule has 1 saturated heterocycles. The average molecular weight is 230 g/mol. The van der Waals surface area contributed by atoms with Gasteiger partial charge in [-0.25, -0.2) is 4.79 Å². The van der Waals surface area contributed by atoms with Gasteiger partial charge in [-0.15, -0.1) is 0 Å². The van der Waals surface area contributed by atoms with E-state index in [1.54, 1.807) is 4.90 Å². The maximum Gasteiger partial charge on any atom is 0.409 e. The number of nitrogens with zero attached hydrogens (tertiary/aromatic N) is 2. The van der Waals surface area contributed by atoms with Crippen LogP contribution in [0.25, 0.3) is 0 Å². The fourth-order valence-electron chi connectivity index (χ4n) is 1.59. The molecule has 0 aliphatic carbocycles. The van der Waals surface area contributed by atoms with Gasteiger partial charge in [-0.05, 0) is 14.1 Å². The Labute approximate surface area is 94.8 Å². The Bertz CT molecular complexity index is 268. The van der Waals surface area contributed by atoms with Crippen molar-refractivity contribution in [3.05, 3.63) is 0 Å². The molecule has 1 N–H and O–H groups in total. The monoisotopic (exact) mass is 230 g/mol. The van der Waals surface area contributed by atoms with Crippen LogP contribution >= 0.6 is 0 Å². The molecule has 1 heterocycles. The molecule has 0 aromatic rings. The molecule has 6 nitrogen and oxygen atoms in total. The number of amides is 1. The normalized spacial score (nSPS) is 21.1. The summed E-state index contributed by atoms with van der Waals surface area (Å²) in [5.74, 6) is -0.951. The summed E-state index contributed by atoms with van der Waals surface area (Å²) in [6, 6.07) is 0. The predicted molar refractivity (Wildman–Crippen MR) is 57.2 cm³/mol. The van der Waals surface area contributed by atoms with Gasteiger partial charge in [-0.2, -0.15) is 0 Å². The summed E-state index contributed by atoms with van der Waals surface area (Å²) in [6.07, 6.45) is -0.297. The lowest BCUT2D eigenvalue weighted by atomic mass is 10.1. The van der Waals surface area contributed by atoms with Crippen LogP contribution in [0.2, 0.25) is 0 Å². The van der Waals surface area contributed by atoms with Gasteiger partial charge in [0.25, 0.3) is 0 Å². The van der Waals surface area contributed by atoms with Gasteiger partial charge < -0.3 is 19.6 Å². The minimum atomic E-state index is -0.851. The molecule has 0 aromatic heterocycles. The second-order valence-electron chi connectivity index (χ2n) is 4.29. The number of likely N-dealkylation sites (N-methyl/N-ethyl adjacent to an activating group) is 1. The number of hydrogen-bond donors (Lipinski definition) is 1. The zero-order valence-corrected chi connectivity index (χ0v) is 9.68. The number of ether oxygens (including phenoxy) is 1. The molecule has 0 saturated carbocycles. The minimum Gasteiger partial charge on any atom is -0.481 e. The Morgan fingerprint density at radius 1 is 1.62 bits per heavy atom. The molecule has 6 heteroatoms. The average Bonchev–Trinajstić information content (AvgIpc) is 2.18. The number of carbonyl (C=O) groups excluding carboxylic acids is 1. The van der Waals surface area contributed by atoms with Gasteiger partial charge >= 0.3 is 12.1 Å². The van der Waals surface area contributed by atoms with E-state index in [1.165, 1.54) is 0 Å². The van der Waals surface area contributed by atoms with E-state index >= 15 is 0 Å². The number of aliphatic carboxylic acids is 1. The van der Waals surface area contributed by atoms with Crippen molar-refractivity contribution in [1.29, 1.82) is 0 Å². The van der Waals surface area contributed by atoms with E-state index in [-0.39, 0.29) is 25.0 Å². The van der Waals surface area contributed by atoms with Crippen LogP contribution in [0, 0.1) is 5.92 Å². The van der Waals surface area contributed by atoms with Crippen LogP contribution in [0.5, 0.6) is 0 Å². The first-order valence-electron chi connectivity index (χ1n) is 5.27. The van der Waals surface area contributed by atoms with Crippen molar-refractivity contribution < 1.29 is 19.4 Å². The summed E-state index contributed by atoms with van der Waals surface area (Å²) in [6.45, 7) is 2.00. The smallest absolute Gasteiger partial charge is 0.409 e. The van der Waals surface area contributed by atoms with E-state index in [0.717, 1.165) is 6.54 Å². The minimum absolute atomic E-state index is 0.0474. The largest absolute Gasteiger partial charge is 0.481 e. The van der Waals surface area contributed by atoms with Gasteiger partial charge in [-0.1, -0.05) is 0 Å². The summed E-state index contributed by atoms with van der Waals surface area (Å²) in [4.78, 5) is 25.5. The SMILES string of the molecule is CN(C)CCN1CC(CC(=O)O)COC1=O. The number of rotatable bonds is 5. The molecule has 0 bridgehead atoms. The quantitative estimate of drug-likeness (QED) is 0.725. The topological polar surface area (TPSA) is 70.1 Å². The van der Waals surface area contributed by atoms with Gasteiger partial charge in [0.15, 0.2) is 0 Å². The van der Waals surface area contributed by atoms with Crippen LogP contribution in [0.15, 0.2) is 0 Å². The third kappa shape index (κ3) is 4.06. The Morgan fingerprint density at radius 3 is 2.88 bits per heavy atom.